The molecule has 1 fully saturated rings. The van der Waals surface area contributed by atoms with E-state index in [1.807, 2.05) is 54.6 Å². The number of carbonyl (C=O) groups is 1. The van der Waals surface area contributed by atoms with Crippen LogP contribution in [0.2, 0.25) is 0 Å². The first-order valence-corrected chi connectivity index (χ1v) is 8.58. The summed E-state index contributed by atoms with van der Waals surface area (Å²) in [5, 5.41) is 2.69. The summed E-state index contributed by atoms with van der Waals surface area (Å²) in [6.45, 7) is 1.94. The molecule has 0 bridgehead atoms. The lowest BCUT2D eigenvalue weighted by molar-refractivity contribution is -0.0441. The Bertz CT molecular complexity index is 773. The monoisotopic (exact) mass is 351 g/mol. The van der Waals surface area contributed by atoms with Crippen LogP contribution in [0.4, 0.5) is 4.79 Å². The Morgan fingerprint density at radius 1 is 1.12 bits per heavy atom. The van der Waals surface area contributed by atoms with Gasteiger partial charge < -0.3 is 19.5 Å². The van der Waals surface area contributed by atoms with Gasteiger partial charge in [0.15, 0.2) is 6.29 Å². The lowest BCUT2D eigenvalue weighted by Crippen LogP contribution is -2.24. The minimum absolute atomic E-state index is 0.260. The molecule has 1 heterocycles. The maximum absolute atomic E-state index is 11.6. The topological polar surface area (TPSA) is 56.8 Å². The third-order valence-electron chi connectivity index (χ3n) is 3.75. The summed E-state index contributed by atoms with van der Waals surface area (Å²) in [6, 6.07) is 17.4. The summed E-state index contributed by atoms with van der Waals surface area (Å²) in [4.78, 5) is 11.6. The molecule has 0 spiro atoms. The van der Waals surface area contributed by atoms with Crippen LogP contribution in [0.15, 0.2) is 54.6 Å². The zero-order chi connectivity index (χ0) is 18.0. The largest absolute Gasteiger partial charge is 0.445 e. The summed E-state index contributed by atoms with van der Waals surface area (Å²) in [6.07, 6.45) is -0.188. The van der Waals surface area contributed by atoms with Crippen molar-refractivity contribution in [3.05, 3.63) is 71.3 Å². The molecule has 1 aliphatic heterocycles. The van der Waals surface area contributed by atoms with E-state index in [1.165, 1.54) is 0 Å². The van der Waals surface area contributed by atoms with Crippen molar-refractivity contribution < 1.29 is 19.0 Å². The molecule has 5 nitrogen and oxygen atoms in total. The van der Waals surface area contributed by atoms with E-state index in [2.05, 4.69) is 17.2 Å². The third kappa shape index (κ3) is 5.62. The molecule has 1 saturated heterocycles. The zero-order valence-electron chi connectivity index (χ0n) is 14.4. The van der Waals surface area contributed by atoms with Gasteiger partial charge in [0.05, 0.1) is 13.2 Å². The Morgan fingerprint density at radius 3 is 2.73 bits per heavy atom. The molecule has 1 amide bonds. The lowest BCUT2D eigenvalue weighted by Gasteiger charge is -2.08. The maximum atomic E-state index is 11.6. The molecule has 1 aliphatic rings. The van der Waals surface area contributed by atoms with Gasteiger partial charge in [-0.3, -0.25) is 0 Å². The molecular weight excluding hydrogens is 330 g/mol. The van der Waals surface area contributed by atoms with Gasteiger partial charge >= 0.3 is 6.09 Å². The minimum Gasteiger partial charge on any atom is -0.445 e. The summed E-state index contributed by atoms with van der Waals surface area (Å²) in [7, 11) is 0. The standard InChI is InChI=1S/C21H21NO4/c23-21(26-16-18-8-2-1-3-9-18)22-12-5-4-7-17-10-6-11-19(15-17)20-24-13-14-25-20/h1-3,6,8-11,15,20H,5,12-14,16H2,(H,22,23). The fourth-order valence-electron chi connectivity index (χ4n) is 2.48. The fourth-order valence-corrected chi connectivity index (χ4v) is 2.48. The number of nitrogens with one attached hydrogen (secondary N) is 1. The van der Waals surface area contributed by atoms with E-state index in [1.54, 1.807) is 0 Å². The predicted octanol–water partition coefficient (Wildman–Crippen LogP) is 3.40. The minimum atomic E-state index is -0.437. The van der Waals surface area contributed by atoms with Crippen LogP contribution in [0.25, 0.3) is 0 Å². The van der Waals surface area contributed by atoms with Crippen molar-refractivity contribution in [3.8, 4) is 11.8 Å². The number of rotatable bonds is 5. The number of hydrogen-bond donors (Lipinski definition) is 1. The highest BCUT2D eigenvalue weighted by atomic mass is 16.7. The molecule has 2 aromatic carbocycles. The van der Waals surface area contributed by atoms with Crippen molar-refractivity contribution in [3.63, 3.8) is 0 Å². The number of hydrogen-bond acceptors (Lipinski definition) is 4. The van der Waals surface area contributed by atoms with Crippen molar-refractivity contribution in [2.24, 2.45) is 0 Å². The second kappa shape index (κ2) is 9.62. The molecule has 0 saturated carbocycles. The zero-order valence-corrected chi connectivity index (χ0v) is 14.4. The van der Waals surface area contributed by atoms with Gasteiger partial charge in [-0.15, -0.1) is 0 Å². The number of ether oxygens (including phenoxy) is 3. The van der Waals surface area contributed by atoms with Crippen LogP contribution in [-0.2, 0) is 20.8 Å². The van der Waals surface area contributed by atoms with Crippen molar-refractivity contribution in [1.29, 1.82) is 0 Å². The van der Waals surface area contributed by atoms with E-state index < -0.39 is 6.09 Å². The fraction of sp³-hybridized carbons (Fsp3) is 0.286. The molecule has 2 aromatic rings. The summed E-state index contributed by atoms with van der Waals surface area (Å²) in [5.41, 5.74) is 2.82. The van der Waals surface area contributed by atoms with E-state index in [-0.39, 0.29) is 12.9 Å². The molecule has 0 aliphatic carbocycles. The van der Waals surface area contributed by atoms with Crippen LogP contribution in [0.1, 0.15) is 29.4 Å². The number of carbonyl (C=O) groups excluding carboxylic acids is 1. The summed E-state index contributed by atoms with van der Waals surface area (Å²) >= 11 is 0. The first-order chi connectivity index (χ1) is 12.8. The second-order valence-electron chi connectivity index (χ2n) is 5.74. The molecule has 3 rings (SSSR count). The average molecular weight is 351 g/mol. The molecule has 5 heteroatoms. The van der Waals surface area contributed by atoms with Crippen LogP contribution in [-0.4, -0.2) is 25.9 Å². The Balaban J connectivity index is 1.38. The summed E-state index contributed by atoms with van der Waals surface area (Å²) < 4.78 is 16.1. The van der Waals surface area contributed by atoms with Gasteiger partial charge in [0.1, 0.15) is 6.61 Å². The summed E-state index contributed by atoms with van der Waals surface area (Å²) in [5.74, 6) is 6.13. The van der Waals surface area contributed by atoms with Gasteiger partial charge in [-0.05, 0) is 17.7 Å². The predicted molar refractivity (Wildman–Crippen MR) is 97.2 cm³/mol. The number of benzene rings is 2. The van der Waals surface area contributed by atoms with E-state index in [4.69, 9.17) is 14.2 Å². The Morgan fingerprint density at radius 2 is 1.92 bits per heavy atom. The van der Waals surface area contributed by atoms with Gasteiger partial charge in [0, 0.05) is 24.1 Å². The molecule has 134 valence electrons. The molecule has 26 heavy (non-hydrogen) atoms. The second-order valence-corrected chi connectivity index (χ2v) is 5.74. The van der Waals surface area contributed by atoms with Gasteiger partial charge in [0.25, 0.3) is 0 Å². The van der Waals surface area contributed by atoms with Gasteiger partial charge in [0.2, 0.25) is 0 Å². The van der Waals surface area contributed by atoms with Crippen LogP contribution < -0.4 is 5.32 Å². The highest BCUT2D eigenvalue weighted by Crippen LogP contribution is 2.23. The molecular formula is C21H21NO4. The third-order valence-corrected chi connectivity index (χ3v) is 3.75. The quantitative estimate of drug-likeness (QED) is 0.663. The molecule has 1 N–H and O–H groups in total. The first-order valence-electron chi connectivity index (χ1n) is 8.58. The van der Waals surface area contributed by atoms with Crippen molar-refractivity contribution >= 4 is 6.09 Å². The van der Waals surface area contributed by atoms with E-state index in [0.29, 0.717) is 26.2 Å². The van der Waals surface area contributed by atoms with Crippen molar-refractivity contribution in [1.82, 2.24) is 5.32 Å². The molecule has 0 radical (unpaired) electrons. The normalized spacial score (nSPS) is 13.7. The smallest absolute Gasteiger partial charge is 0.407 e. The van der Waals surface area contributed by atoms with Crippen LogP contribution in [0, 0.1) is 11.8 Å². The van der Waals surface area contributed by atoms with Gasteiger partial charge in [-0.25, -0.2) is 4.79 Å². The van der Waals surface area contributed by atoms with E-state index in [0.717, 1.165) is 16.7 Å². The van der Waals surface area contributed by atoms with Gasteiger partial charge in [-0.1, -0.05) is 54.3 Å². The van der Waals surface area contributed by atoms with E-state index >= 15 is 0 Å². The van der Waals surface area contributed by atoms with Crippen LogP contribution in [0.5, 0.6) is 0 Å². The Hall–Kier alpha value is -2.81. The Labute approximate surface area is 153 Å². The van der Waals surface area contributed by atoms with Gasteiger partial charge in [-0.2, -0.15) is 0 Å². The number of alkyl carbamates (subject to hydrolysis) is 1. The highest BCUT2D eigenvalue weighted by molar-refractivity contribution is 5.67. The molecule has 0 unspecified atom stereocenters. The lowest BCUT2D eigenvalue weighted by atomic mass is 10.1. The van der Waals surface area contributed by atoms with Crippen molar-refractivity contribution in [2.45, 2.75) is 19.3 Å². The van der Waals surface area contributed by atoms with Crippen molar-refractivity contribution in [2.75, 3.05) is 19.8 Å². The highest BCUT2D eigenvalue weighted by Gasteiger charge is 2.17. The average Bonchev–Trinajstić information content (AvgIpc) is 3.22. The molecule has 0 atom stereocenters. The van der Waals surface area contributed by atoms with E-state index in [9.17, 15) is 4.79 Å². The van der Waals surface area contributed by atoms with Crippen LogP contribution >= 0.6 is 0 Å². The van der Waals surface area contributed by atoms with Crippen LogP contribution in [0.3, 0.4) is 0 Å². The first kappa shape index (κ1) is 18.0. The number of amides is 1. The SMILES string of the molecule is O=C(NCCC#Cc1cccc(C2OCCO2)c1)OCc1ccccc1. The molecule has 0 aromatic heterocycles. The Kier molecular flexibility index (Phi) is 6.66. The maximum Gasteiger partial charge on any atom is 0.407 e.